The lowest BCUT2D eigenvalue weighted by molar-refractivity contribution is 0.590. The molecule has 0 saturated heterocycles. The third-order valence-corrected chi connectivity index (χ3v) is 28.4. The van der Waals surface area contributed by atoms with Crippen LogP contribution in [0.15, 0.2) is 237 Å². The van der Waals surface area contributed by atoms with Crippen molar-refractivity contribution in [3.05, 3.63) is 454 Å². The van der Waals surface area contributed by atoms with Crippen molar-refractivity contribution in [1.82, 2.24) is 0 Å². The van der Waals surface area contributed by atoms with Crippen LogP contribution in [-0.4, -0.2) is 0 Å². The predicted molar refractivity (Wildman–Crippen MR) is 584 cm³/mol. The van der Waals surface area contributed by atoms with Crippen LogP contribution in [0.5, 0.6) is 0 Å². The molecule has 0 radical (unpaired) electrons. The van der Waals surface area contributed by atoms with Crippen molar-refractivity contribution in [2.24, 2.45) is 0 Å². The summed E-state index contributed by atoms with van der Waals surface area (Å²) in [5, 5.41) is 0. The van der Waals surface area contributed by atoms with Crippen LogP contribution >= 0.6 is 0 Å². The second-order valence-electron chi connectivity index (χ2n) is 38.4. The monoisotopic (exact) mass is 1750 g/mol. The lowest BCUT2D eigenvalue weighted by atomic mass is 9.75. The highest BCUT2D eigenvalue weighted by Crippen LogP contribution is 2.44. The Morgan fingerprint density at radius 3 is 0.458 bits per heavy atom. The highest BCUT2D eigenvalue weighted by atomic mass is 14.3. The molecule has 1 atom stereocenters. The lowest BCUT2D eigenvalue weighted by Crippen LogP contribution is -2.13. The van der Waals surface area contributed by atoms with E-state index < -0.39 is 0 Å². The van der Waals surface area contributed by atoms with E-state index in [1.807, 2.05) is 0 Å². The summed E-state index contributed by atoms with van der Waals surface area (Å²) in [5.41, 5.74) is 56.2. The van der Waals surface area contributed by atoms with E-state index in [0.29, 0.717) is 17.8 Å². The van der Waals surface area contributed by atoms with E-state index in [1.54, 1.807) is 11.1 Å². The van der Waals surface area contributed by atoms with Crippen molar-refractivity contribution in [2.45, 2.75) is 355 Å². The minimum Gasteiger partial charge on any atom is -0.0654 e. The van der Waals surface area contributed by atoms with Crippen LogP contribution in [-0.2, 0) is 6.42 Å². The molecule has 0 bridgehead atoms. The zero-order valence-corrected chi connectivity index (χ0v) is 89.0. The van der Waals surface area contributed by atoms with Crippen LogP contribution in [0.2, 0.25) is 0 Å². The quantitative estimate of drug-likeness (QED) is 0.0560. The molecule has 0 saturated carbocycles. The smallest absolute Gasteiger partial charge is 0.0355 e. The van der Waals surface area contributed by atoms with Crippen LogP contribution in [0.25, 0.3) is 0 Å². The van der Waals surface area contributed by atoms with Gasteiger partial charge < -0.3 is 0 Å². The summed E-state index contributed by atoms with van der Waals surface area (Å²) in [6, 6.07) is 86.1. The Hall–Kier alpha value is -10.1. The molecule has 698 valence electrons. The van der Waals surface area contributed by atoms with Gasteiger partial charge in [-0.2, -0.15) is 0 Å². The Kier molecular flexibility index (Phi) is 45.8. The highest BCUT2D eigenvalue weighted by molar-refractivity contribution is 5.58. The Balaban J connectivity index is 0.000000236. The van der Waals surface area contributed by atoms with E-state index in [4.69, 9.17) is 0 Å². The number of benzene rings is 13. The number of rotatable bonds is 23. The van der Waals surface area contributed by atoms with Gasteiger partial charge in [-0.25, -0.2) is 0 Å². The zero-order chi connectivity index (χ0) is 97.0. The molecule has 0 aromatic heterocycles. The summed E-state index contributed by atoms with van der Waals surface area (Å²) < 4.78 is 0. The molecular weight excluding hydrogens is 1570 g/mol. The van der Waals surface area contributed by atoms with E-state index >= 15 is 0 Å². The Morgan fingerprint density at radius 1 is 0.145 bits per heavy atom. The standard InChI is InChI=1S/C25H28.C20H26.2C19H24.C17H20.C14H22.C13H20.C4H10/c1-16-10-7-11-17(2)22(16)25(23-18(3)12-8-13-19(23)4)24-20(5)14-9-15-21(24)6;1-6-9-18(19-14(2)10-7-11-15(19)3)20-16(4)12-8-13-17(20)5;2*1-6-17(18-13(2)9-7-10-14(18)3)19-15(4)11-8-12-16(19)5;1-12-7-5-8-13(2)16(12)11-17-14(3)9-6-10-15(17)4;1-5-8-13(6-2)14-11(3)9-7-10-12(14)4;1-5-12(6-2)13-10(3)8-7-9-11(13)4;1-3-4-2/h7-15,25H,1-6H3;7-8,10-13,18H,6,9H2,1-5H3;2*7-12,17H,6H2,1-5H3;5-10H,11H2,1-4H3;7,9-10,13H,5-6,8H2,1-4H3;7-9,12H,5-6H2,1-4H3;3-4H2,1-2H3. The molecule has 0 aliphatic rings. The average Bonchev–Trinajstić information content (AvgIpc) is 0.784. The maximum Gasteiger partial charge on any atom is 0.0355 e. The average molecular weight is 1750 g/mol. The predicted octanol–water partition coefficient (Wildman–Crippen LogP) is 38.6. The number of hydrogen-bond acceptors (Lipinski definition) is 0. The summed E-state index contributed by atoms with van der Waals surface area (Å²) in [6.07, 6.45) is 14.8. The normalized spacial score (nSPS) is 11.1. The van der Waals surface area contributed by atoms with Gasteiger partial charge in [-0.1, -0.05) is 325 Å². The van der Waals surface area contributed by atoms with Crippen molar-refractivity contribution in [2.75, 3.05) is 0 Å². The fourth-order valence-electron chi connectivity index (χ4n) is 21.3. The van der Waals surface area contributed by atoms with Crippen molar-refractivity contribution in [3.8, 4) is 0 Å². The van der Waals surface area contributed by atoms with Gasteiger partial charge in [0.25, 0.3) is 0 Å². The molecule has 0 heterocycles. The number of aryl methyl sites for hydroxylation is 26. The SMILES string of the molecule is CCC(CC)c1c(C)cccc1C.CCC(c1c(C)cccc1C)c1c(C)cccc1C.CCC(c1c(C)cccc1C)c1c(C)cccc1C.CCCC.CCCC(CC)c1c(C)cccc1C.CCCC(c1c(C)cccc1C)c1c(C)cccc1C.Cc1cccc(C)c1C(c1c(C)cccc1C)c1c(C)cccc1C.Cc1cccc(C)c1Cc1c(C)cccc1C. The van der Waals surface area contributed by atoms with Gasteiger partial charge in [-0.3, -0.25) is 0 Å². The minimum atomic E-state index is 0.281. The summed E-state index contributed by atoms with van der Waals surface area (Å²) in [6.45, 7) is 78.5. The molecule has 0 fully saturated rings. The van der Waals surface area contributed by atoms with Gasteiger partial charge in [0.05, 0.1) is 0 Å². The molecule has 0 spiro atoms. The molecule has 0 aliphatic carbocycles. The van der Waals surface area contributed by atoms with Gasteiger partial charge >= 0.3 is 0 Å². The fourth-order valence-corrected chi connectivity index (χ4v) is 21.3. The second kappa shape index (κ2) is 54.8. The van der Waals surface area contributed by atoms with Gasteiger partial charge in [0.15, 0.2) is 0 Å². The van der Waals surface area contributed by atoms with Crippen molar-refractivity contribution in [3.63, 3.8) is 0 Å². The Labute approximate surface area is 802 Å². The molecule has 0 N–H and O–H groups in total. The van der Waals surface area contributed by atoms with Gasteiger partial charge in [-0.05, 0) is 460 Å². The first kappa shape index (κ1) is 110. The summed E-state index contributed by atoms with van der Waals surface area (Å²) in [4.78, 5) is 0. The third-order valence-electron chi connectivity index (χ3n) is 28.4. The zero-order valence-electron chi connectivity index (χ0n) is 89.0. The van der Waals surface area contributed by atoms with Crippen molar-refractivity contribution < 1.29 is 0 Å². The summed E-state index contributed by atoms with van der Waals surface area (Å²) in [7, 11) is 0. The highest BCUT2D eigenvalue weighted by Gasteiger charge is 2.28. The minimum absolute atomic E-state index is 0.281. The molecule has 13 aromatic carbocycles. The molecule has 0 amide bonds. The van der Waals surface area contributed by atoms with Gasteiger partial charge in [0.2, 0.25) is 0 Å². The first-order chi connectivity index (χ1) is 62.5. The first-order valence-electron chi connectivity index (χ1n) is 50.3. The van der Waals surface area contributed by atoms with E-state index in [1.165, 1.54) is 264 Å². The molecular formula is C131H174. The Morgan fingerprint density at radius 2 is 0.298 bits per heavy atom. The maximum absolute atomic E-state index is 2.30. The van der Waals surface area contributed by atoms with E-state index in [-0.39, 0.29) is 5.92 Å². The molecule has 0 nitrogen and oxygen atoms in total. The molecule has 1 unspecified atom stereocenters. The molecule has 13 aromatic rings. The summed E-state index contributed by atoms with van der Waals surface area (Å²) in [5.74, 6) is 3.36. The van der Waals surface area contributed by atoms with E-state index in [2.05, 4.69) is 479 Å². The molecule has 0 aliphatic heterocycles. The van der Waals surface area contributed by atoms with E-state index in [0.717, 1.165) is 31.1 Å². The molecule has 13 rings (SSSR count). The van der Waals surface area contributed by atoms with Gasteiger partial charge in [0.1, 0.15) is 0 Å². The van der Waals surface area contributed by atoms with Crippen LogP contribution < -0.4 is 0 Å². The van der Waals surface area contributed by atoms with Crippen molar-refractivity contribution in [1.29, 1.82) is 0 Å². The summed E-state index contributed by atoms with van der Waals surface area (Å²) >= 11 is 0. The fraction of sp³-hybridized carbons (Fsp3) is 0.405. The second-order valence-corrected chi connectivity index (χ2v) is 38.4. The van der Waals surface area contributed by atoms with Crippen LogP contribution in [0, 0.1) is 180 Å². The van der Waals surface area contributed by atoms with Crippen molar-refractivity contribution >= 4 is 0 Å². The van der Waals surface area contributed by atoms with Crippen LogP contribution in [0.4, 0.5) is 0 Å². The first-order valence-corrected chi connectivity index (χ1v) is 50.3. The largest absolute Gasteiger partial charge is 0.0654 e. The lowest BCUT2D eigenvalue weighted by Gasteiger charge is -2.28. The molecule has 0 heteroatoms. The number of unbranched alkanes of at least 4 members (excludes halogenated alkanes) is 1. The van der Waals surface area contributed by atoms with Gasteiger partial charge in [0, 0.05) is 23.7 Å². The van der Waals surface area contributed by atoms with Crippen LogP contribution in [0.3, 0.4) is 0 Å². The maximum atomic E-state index is 2.30. The van der Waals surface area contributed by atoms with Gasteiger partial charge in [-0.15, -0.1) is 0 Å². The third kappa shape index (κ3) is 29.7. The Bertz CT molecular complexity index is 5020. The topological polar surface area (TPSA) is 0 Å². The van der Waals surface area contributed by atoms with E-state index in [9.17, 15) is 0 Å². The van der Waals surface area contributed by atoms with Crippen LogP contribution in [0.1, 0.15) is 385 Å². The molecule has 131 heavy (non-hydrogen) atoms. The number of hydrogen-bond donors (Lipinski definition) is 0.